The maximum absolute atomic E-state index is 12.6. The Morgan fingerprint density at radius 2 is 2.10 bits per heavy atom. The van der Waals surface area contributed by atoms with Gasteiger partial charge in [0.25, 0.3) is 0 Å². The van der Waals surface area contributed by atoms with E-state index < -0.39 is 11.7 Å². The highest BCUT2D eigenvalue weighted by molar-refractivity contribution is 8.14. The summed E-state index contributed by atoms with van der Waals surface area (Å²) in [4.78, 5) is 24.3. The topological polar surface area (TPSA) is 63.4 Å². The molecule has 4 nitrogen and oxygen atoms in total. The van der Waals surface area contributed by atoms with E-state index in [1.165, 1.54) is 17.9 Å². The Labute approximate surface area is 123 Å². The quantitative estimate of drug-likeness (QED) is 0.852. The molecule has 0 bridgehead atoms. The summed E-state index contributed by atoms with van der Waals surface area (Å²) in [6.07, 6.45) is -4.31. The Bertz CT molecular complexity index is 589. The van der Waals surface area contributed by atoms with E-state index >= 15 is 0 Å². The zero-order chi connectivity index (χ0) is 15.8. The van der Waals surface area contributed by atoms with Crippen LogP contribution in [0, 0.1) is 0 Å². The van der Waals surface area contributed by atoms with Crippen LogP contribution in [-0.4, -0.2) is 22.8 Å². The average molecular weight is 318 g/mol. The number of hydrogen-bond donors (Lipinski definition) is 1. The van der Waals surface area contributed by atoms with Crippen LogP contribution in [0.4, 0.5) is 24.5 Å². The molecule has 0 aliphatic carbocycles. The van der Waals surface area contributed by atoms with Crippen molar-refractivity contribution in [1.29, 1.82) is 0 Å². The third kappa shape index (κ3) is 3.49. The summed E-state index contributed by atoms with van der Waals surface area (Å²) < 4.78 is 37.7. The van der Waals surface area contributed by atoms with Crippen molar-refractivity contribution in [3.63, 3.8) is 0 Å². The van der Waals surface area contributed by atoms with Gasteiger partial charge in [-0.1, -0.05) is 11.8 Å². The van der Waals surface area contributed by atoms with Gasteiger partial charge in [-0.05, 0) is 18.2 Å². The average Bonchev–Trinajstić information content (AvgIpc) is 2.67. The van der Waals surface area contributed by atoms with Gasteiger partial charge in [0, 0.05) is 25.1 Å². The van der Waals surface area contributed by atoms with E-state index in [2.05, 4.69) is 0 Å². The summed E-state index contributed by atoms with van der Waals surface area (Å²) >= 11 is 1.06. The predicted molar refractivity (Wildman–Crippen MR) is 74.9 cm³/mol. The Kier molecular flexibility index (Phi) is 4.18. The highest BCUT2D eigenvalue weighted by Gasteiger charge is 2.35. The largest absolute Gasteiger partial charge is 0.416 e. The van der Waals surface area contributed by atoms with Crippen LogP contribution in [0.1, 0.15) is 18.9 Å². The van der Waals surface area contributed by atoms with E-state index in [1.807, 2.05) is 0 Å². The number of carbonyl (C=O) groups is 2. The molecule has 2 N–H and O–H groups in total. The van der Waals surface area contributed by atoms with Crippen LogP contribution < -0.4 is 10.6 Å². The van der Waals surface area contributed by atoms with Crippen molar-refractivity contribution in [2.24, 2.45) is 0 Å². The molecule has 21 heavy (non-hydrogen) atoms. The fourth-order valence-electron chi connectivity index (χ4n) is 2.20. The first-order valence-corrected chi connectivity index (χ1v) is 7.00. The molecule has 2 rings (SSSR count). The third-order valence-electron chi connectivity index (χ3n) is 3.07. The molecule has 0 radical (unpaired) electrons. The van der Waals surface area contributed by atoms with Gasteiger partial charge in [-0.25, -0.2) is 0 Å². The van der Waals surface area contributed by atoms with Gasteiger partial charge in [-0.3, -0.25) is 9.59 Å². The second-order valence-corrected chi connectivity index (χ2v) is 6.19. The Hall–Kier alpha value is -1.70. The molecule has 8 heteroatoms. The highest BCUT2D eigenvalue weighted by atomic mass is 32.2. The predicted octanol–water partition coefficient (Wildman–Crippen LogP) is 2.67. The summed E-state index contributed by atoms with van der Waals surface area (Å²) in [5, 5.41) is -0.299. The monoisotopic (exact) mass is 318 g/mol. The van der Waals surface area contributed by atoms with Crippen LogP contribution in [0.5, 0.6) is 0 Å². The Morgan fingerprint density at radius 1 is 1.43 bits per heavy atom. The number of halogens is 3. The standard InChI is InChI=1S/C13H13F3N2O2S/c1-7(19)21-9-5-12(20)18(6-9)11-3-2-8(4-10(11)17)13(14,15)16/h2-4,9H,5-6,17H2,1H3. The summed E-state index contributed by atoms with van der Waals surface area (Å²) in [7, 11) is 0. The fourth-order valence-corrected chi connectivity index (χ4v) is 3.12. The van der Waals surface area contributed by atoms with E-state index in [1.54, 1.807) is 0 Å². The number of anilines is 2. The zero-order valence-electron chi connectivity index (χ0n) is 11.1. The van der Waals surface area contributed by atoms with Crippen LogP contribution in [0.2, 0.25) is 0 Å². The number of rotatable bonds is 2. The van der Waals surface area contributed by atoms with Crippen molar-refractivity contribution in [2.75, 3.05) is 17.2 Å². The SMILES string of the molecule is CC(=O)SC1CC(=O)N(c2ccc(C(F)(F)F)cc2N)C1. The van der Waals surface area contributed by atoms with E-state index in [0.29, 0.717) is 0 Å². The lowest BCUT2D eigenvalue weighted by atomic mass is 10.1. The maximum atomic E-state index is 12.6. The Morgan fingerprint density at radius 3 is 2.62 bits per heavy atom. The number of nitrogen functional groups attached to an aromatic ring is 1. The number of alkyl halides is 3. The van der Waals surface area contributed by atoms with Crippen molar-refractivity contribution in [2.45, 2.75) is 24.8 Å². The number of nitrogens with two attached hydrogens (primary N) is 1. The molecule has 0 saturated carbocycles. The summed E-state index contributed by atoms with van der Waals surface area (Å²) in [6, 6.07) is 2.90. The number of thioether (sulfide) groups is 1. The molecular formula is C13H13F3N2O2S. The van der Waals surface area contributed by atoms with E-state index in [4.69, 9.17) is 5.73 Å². The number of benzene rings is 1. The number of amides is 1. The van der Waals surface area contributed by atoms with Crippen LogP contribution in [0.25, 0.3) is 0 Å². The van der Waals surface area contributed by atoms with Crippen molar-refractivity contribution in [3.8, 4) is 0 Å². The van der Waals surface area contributed by atoms with Gasteiger partial charge >= 0.3 is 6.18 Å². The Balaban J connectivity index is 2.23. The lowest BCUT2D eigenvalue weighted by Gasteiger charge is -2.19. The van der Waals surface area contributed by atoms with E-state index in [9.17, 15) is 22.8 Å². The zero-order valence-corrected chi connectivity index (χ0v) is 11.9. The van der Waals surface area contributed by atoms with Gasteiger partial charge < -0.3 is 10.6 Å². The molecule has 1 aliphatic heterocycles. The molecule has 1 saturated heterocycles. The van der Waals surface area contributed by atoms with E-state index in [-0.39, 0.29) is 40.6 Å². The van der Waals surface area contributed by atoms with Crippen molar-refractivity contribution < 1.29 is 22.8 Å². The summed E-state index contributed by atoms with van der Waals surface area (Å²) in [6.45, 7) is 1.67. The molecule has 114 valence electrons. The van der Waals surface area contributed by atoms with Gasteiger partial charge in [-0.15, -0.1) is 0 Å². The molecule has 0 aromatic heterocycles. The lowest BCUT2D eigenvalue weighted by molar-refractivity contribution is -0.137. The van der Waals surface area contributed by atoms with Crippen LogP contribution in [0.3, 0.4) is 0 Å². The minimum absolute atomic E-state index is 0.102. The van der Waals surface area contributed by atoms with Crippen molar-refractivity contribution in [1.82, 2.24) is 0 Å². The second-order valence-electron chi connectivity index (χ2n) is 4.71. The molecular weight excluding hydrogens is 305 g/mol. The molecule has 1 unspecified atom stereocenters. The van der Waals surface area contributed by atoms with Crippen LogP contribution in [0.15, 0.2) is 18.2 Å². The molecule has 1 heterocycles. The lowest BCUT2D eigenvalue weighted by Crippen LogP contribution is -2.26. The smallest absolute Gasteiger partial charge is 0.397 e. The van der Waals surface area contributed by atoms with Crippen LogP contribution >= 0.6 is 11.8 Å². The number of carbonyl (C=O) groups excluding carboxylic acids is 2. The van der Waals surface area contributed by atoms with Gasteiger partial charge in [-0.2, -0.15) is 13.2 Å². The minimum Gasteiger partial charge on any atom is -0.397 e. The minimum atomic E-state index is -4.48. The molecule has 1 atom stereocenters. The molecule has 1 aromatic carbocycles. The maximum Gasteiger partial charge on any atom is 0.416 e. The number of hydrogen-bond acceptors (Lipinski definition) is 4. The van der Waals surface area contributed by atoms with Gasteiger partial charge in [0.2, 0.25) is 5.91 Å². The second kappa shape index (κ2) is 5.59. The molecule has 1 aromatic rings. The number of nitrogens with zero attached hydrogens (tertiary/aromatic N) is 1. The van der Waals surface area contributed by atoms with Gasteiger partial charge in [0.1, 0.15) is 0 Å². The normalized spacial score (nSPS) is 19.1. The van der Waals surface area contributed by atoms with E-state index in [0.717, 1.165) is 23.9 Å². The molecule has 1 amide bonds. The first kappa shape index (κ1) is 15.7. The van der Waals surface area contributed by atoms with Gasteiger partial charge in [0.15, 0.2) is 5.12 Å². The third-order valence-corrected chi connectivity index (χ3v) is 4.05. The van der Waals surface area contributed by atoms with Gasteiger partial charge in [0.05, 0.1) is 16.9 Å². The summed E-state index contributed by atoms with van der Waals surface area (Å²) in [5.41, 5.74) is 4.93. The van der Waals surface area contributed by atoms with Crippen LogP contribution in [-0.2, 0) is 15.8 Å². The summed E-state index contributed by atoms with van der Waals surface area (Å²) in [5.74, 6) is -0.250. The molecule has 1 fully saturated rings. The highest BCUT2D eigenvalue weighted by Crippen LogP contribution is 2.36. The van der Waals surface area contributed by atoms with Crippen molar-refractivity contribution >= 4 is 34.2 Å². The first-order valence-electron chi connectivity index (χ1n) is 6.13. The fraction of sp³-hybridized carbons (Fsp3) is 0.385. The van der Waals surface area contributed by atoms with Crippen molar-refractivity contribution in [3.05, 3.63) is 23.8 Å². The molecule has 0 spiro atoms. The molecule has 1 aliphatic rings. The first-order chi connectivity index (χ1) is 9.68.